The first-order chi connectivity index (χ1) is 8.11. The van der Waals surface area contributed by atoms with Crippen molar-refractivity contribution in [3.05, 3.63) is 35.1 Å². The third-order valence-corrected chi connectivity index (χ3v) is 4.14. The van der Waals surface area contributed by atoms with Crippen molar-refractivity contribution in [2.45, 2.75) is 52.1 Å². The Morgan fingerprint density at radius 2 is 2.18 bits per heavy atom. The van der Waals surface area contributed by atoms with Crippen LogP contribution in [0.25, 0.3) is 0 Å². The zero-order valence-corrected chi connectivity index (χ0v) is 11.0. The molecule has 0 fully saturated rings. The Morgan fingerprint density at radius 1 is 1.41 bits per heavy atom. The van der Waals surface area contributed by atoms with Crippen LogP contribution in [-0.4, -0.2) is 6.04 Å². The molecule has 0 aliphatic heterocycles. The second-order valence-corrected chi connectivity index (χ2v) is 5.28. The van der Waals surface area contributed by atoms with Crippen LogP contribution in [0.15, 0.2) is 18.2 Å². The largest absolute Gasteiger partial charge is 0.307 e. The average molecular weight is 235 g/mol. The van der Waals surface area contributed by atoms with Crippen LogP contribution in [0.2, 0.25) is 0 Å². The molecule has 2 heteroatoms. The molecule has 1 aliphatic rings. The van der Waals surface area contributed by atoms with E-state index >= 15 is 0 Å². The normalized spacial score (nSPS) is 22.2. The summed E-state index contributed by atoms with van der Waals surface area (Å²) in [5.74, 6) is 0.568. The van der Waals surface area contributed by atoms with E-state index in [0.717, 1.165) is 12.8 Å². The second-order valence-electron chi connectivity index (χ2n) is 5.28. The van der Waals surface area contributed by atoms with Crippen LogP contribution in [0.3, 0.4) is 0 Å². The Bertz CT molecular complexity index is 389. The van der Waals surface area contributed by atoms with Crippen LogP contribution in [0.4, 0.5) is 4.39 Å². The number of hydrogen-bond acceptors (Lipinski definition) is 1. The van der Waals surface area contributed by atoms with Crippen molar-refractivity contribution in [1.82, 2.24) is 5.32 Å². The second kappa shape index (κ2) is 5.18. The molecule has 0 saturated heterocycles. The molecule has 1 aliphatic carbocycles. The number of fused-ring (bicyclic) bond motifs is 1. The van der Waals surface area contributed by atoms with Crippen molar-refractivity contribution < 1.29 is 4.39 Å². The first kappa shape index (κ1) is 12.6. The Kier molecular flexibility index (Phi) is 3.82. The zero-order valence-electron chi connectivity index (χ0n) is 11.0. The van der Waals surface area contributed by atoms with Gasteiger partial charge in [0.05, 0.1) is 0 Å². The molecule has 1 nitrogen and oxygen atoms in total. The van der Waals surface area contributed by atoms with Crippen molar-refractivity contribution in [3.8, 4) is 0 Å². The van der Waals surface area contributed by atoms with Gasteiger partial charge in [0.1, 0.15) is 5.82 Å². The Labute approximate surface area is 103 Å². The molecule has 3 atom stereocenters. The summed E-state index contributed by atoms with van der Waals surface area (Å²) in [7, 11) is 0. The summed E-state index contributed by atoms with van der Waals surface area (Å²) in [6.07, 6.45) is 3.29. The summed E-state index contributed by atoms with van der Waals surface area (Å²) in [5.41, 5.74) is 2.47. The highest BCUT2D eigenvalue weighted by molar-refractivity contribution is 5.35. The maximum atomic E-state index is 13.1. The van der Waals surface area contributed by atoms with Gasteiger partial charge in [0.2, 0.25) is 0 Å². The Balaban J connectivity index is 2.07. The van der Waals surface area contributed by atoms with E-state index in [1.54, 1.807) is 12.1 Å². The molecule has 1 N–H and O–H groups in total. The van der Waals surface area contributed by atoms with Gasteiger partial charge in [0.15, 0.2) is 0 Å². The molecule has 2 rings (SSSR count). The van der Waals surface area contributed by atoms with Crippen molar-refractivity contribution in [3.63, 3.8) is 0 Å². The fraction of sp³-hybridized carbons (Fsp3) is 0.600. The Morgan fingerprint density at radius 3 is 2.88 bits per heavy atom. The lowest BCUT2D eigenvalue weighted by atomic mass is 9.99. The van der Waals surface area contributed by atoms with Crippen LogP contribution in [0.5, 0.6) is 0 Å². The Hall–Kier alpha value is -0.890. The maximum absolute atomic E-state index is 13.1. The van der Waals surface area contributed by atoms with Gasteiger partial charge in [0, 0.05) is 12.1 Å². The minimum Gasteiger partial charge on any atom is -0.307 e. The predicted octanol–water partition coefficient (Wildman–Crippen LogP) is 3.84. The van der Waals surface area contributed by atoms with Gasteiger partial charge >= 0.3 is 0 Å². The monoisotopic (exact) mass is 235 g/mol. The lowest BCUT2D eigenvalue weighted by molar-refractivity contribution is 0.349. The molecular formula is C15H22FN. The lowest BCUT2D eigenvalue weighted by Crippen LogP contribution is -2.34. The first-order valence-electron chi connectivity index (χ1n) is 6.66. The highest BCUT2D eigenvalue weighted by atomic mass is 19.1. The number of hydrogen-bond donors (Lipinski definition) is 1. The van der Waals surface area contributed by atoms with Crippen molar-refractivity contribution in [1.29, 1.82) is 0 Å². The molecule has 3 unspecified atom stereocenters. The SMILES string of the molecule is CCC(C)C(C)NC1CCc2cc(F)ccc21. The van der Waals surface area contributed by atoms with E-state index in [1.807, 2.05) is 6.07 Å². The molecular weight excluding hydrogens is 213 g/mol. The fourth-order valence-electron chi connectivity index (χ4n) is 2.59. The number of nitrogens with one attached hydrogen (secondary N) is 1. The minimum absolute atomic E-state index is 0.112. The molecule has 0 spiro atoms. The highest BCUT2D eigenvalue weighted by Gasteiger charge is 2.24. The van der Waals surface area contributed by atoms with Gasteiger partial charge in [0.25, 0.3) is 0 Å². The van der Waals surface area contributed by atoms with Gasteiger partial charge in [-0.25, -0.2) is 4.39 Å². The quantitative estimate of drug-likeness (QED) is 0.836. The number of halogens is 1. The van der Waals surface area contributed by atoms with Crippen LogP contribution in [-0.2, 0) is 6.42 Å². The lowest BCUT2D eigenvalue weighted by Gasteiger charge is -2.24. The molecule has 0 radical (unpaired) electrons. The third-order valence-electron chi connectivity index (χ3n) is 4.14. The highest BCUT2D eigenvalue weighted by Crippen LogP contribution is 2.32. The van der Waals surface area contributed by atoms with Gasteiger partial charge in [-0.2, -0.15) is 0 Å². The van der Waals surface area contributed by atoms with E-state index < -0.39 is 0 Å². The molecule has 0 bridgehead atoms. The predicted molar refractivity (Wildman–Crippen MR) is 69.5 cm³/mol. The van der Waals surface area contributed by atoms with Crippen LogP contribution >= 0.6 is 0 Å². The summed E-state index contributed by atoms with van der Waals surface area (Å²) < 4.78 is 13.1. The van der Waals surface area contributed by atoms with E-state index in [-0.39, 0.29) is 5.82 Å². The van der Waals surface area contributed by atoms with Crippen LogP contribution < -0.4 is 5.32 Å². The van der Waals surface area contributed by atoms with Gasteiger partial charge in [-0.1, -0.05) is 26.3 Å². The molecule has 0 aromatic heterocycles. The molecule has 0 amide bonds. The molecule has 0 saturated carbocycles. The van der Waals surface area contributed by atoms with Crippen molar-refractivity contribution >= 4 is 0 Å². The van der Waals surface area contributed by atoms with E-state index in [9.17, 15) is 4.39 Å². The standard InChI is InChI=1S/C15H22FN/c1-4-10(2)11(3)17-15-8-5-12-9-13(16)6-7-14(12)15/h6-7,9-11,15,17H,4-5,8H2,1-3H3. The van der Waals surface area contributed by atoms with Crippen LogP contribution in [0, 0.1) is 11.7 Å². The smallest absolute Gasteiger partial charge is 0.123 e. The number of rotatable bonds is 4. The molecule has 94 valence electrons. The summed E-state index contributed by atoms with van der Waals surface area (Å²) in [6, 6.07) is 6.13. The fourth-order valence-corrected chi connectivity index (χ4v) is 2.59. The van der Waals surface area contributed by atoms with E-state index in [2.05, 4.69) is 26.1 Å². The minimum atomic E-state index is -0.112. The molecule has 1 aromatic carbocycles. The zero-order chi connectivity index (χ0) is 12.4. The van der Waals surface area contributed by atoms with Crippen molar-refractivity contribution in [2.75, 3.05) is 0 Å². The van der Waals surface area contributed by atoms with Crippen LogP contribution in [0.1, 0.15) is 50.8 Å². The van der Waals surface area contributed by atoms with Gasteiger partial charge < -0.3 is 5.32 Å². The third kappa shape index (κ3) is 2.68. The van der Waals surface area contributed by atoms with Gasteiger partial charge in [-0.15, -0.1) is 0 Å². The average Bonchev–Trinajstić information content (AvgIpc) is 2.70. The summed E-state index contributed by atoms with van der Waals surface area (Å²) >= 11 is 0. The summed E-state index contributed by atoms with van der Waals surface area (Å²) in [4.78, 5) is 0. The number of benzene rings is 1. The van der Waals surface area contributed by atoms with E-state index in [1.165, 1.54) is 17.5 Å². The van der Waals surface area contributed by atoms with E-state index in [0.29, 0.717) is 18.0 Å². The first-order valence-corrected chi connectivity index (χ1v) is 6.66. The molecule has 0 heterocycles. The summed E-state index contributed by atoms with van der Waals surface area (Å²) in [5, 5.41) is 3.68. The van der Waals surface area contributed by atoms with Gasteiger partial charge in [-0.05, 0) is 48.9 Å². The molecule has 1 aromatic rings. The number of aryl methyl sites for hydroxylation is 1. The summed E-state index contributed by atoms with van der Waals surface area (Å²) in [6.45, 7) is 6.74. The maximum Gasteiger partial charge on any atom is 0.123 e. The molecule has 17 heavy (non-hydrogen) atoms. The van der Waals surface area contributed by atoms with Crippen molar-refractivity contribution in [2.24, 2.45) is 5.92 Å². The van der Waals surface area contributed by atoms with Gasteiger partial charge in [-0.3, -0.25) is 0 Å². The van der Waals surface area contributed by atoms with E-state index in [4.69, 9.17) is 0 Å². The topological polar surface area (TPSA) is 12.0 Å².